The van der Waals surface area contributed by atoms with Gasteiger partial charge in [-0.2, -0.15) is 11.8 Å². The van der Waals surface area contributed by atoms with E-state index in [1.165, 1.54) is 12.2 Å². The third-order valence-electron chi connectivity index (χ3n) is 4.31. The molecule has 1 aliphatic heterocycles. The highest BCUT2D eigenvalue weighted by Crippen LogP contribution is 2.30. The fourth-order valence-electron chi connectivity index (χ4n) is 3.41. The summed E-state index contributed by atoms with van der Waals surface area (Å²) in [7, 11) is 4.21. The largest absolute Gasteiger partial charge is 0.335 e. The quantitative estimate of drug-likeness (QED) is 0.846. The number of nitrogens with zero attached hydrogens (tertiary/aromatic N) is 2. The van der Waals surface area contributed by atoms with Crippen LogP contribution in [0.5, 0.6) is 0 Å². The maximum Gasteiger partial charge on any atom is 0.317 e. The van der Waals surface area contributed by atoms with Gasteiger partial charge >= 0.3 is 6.03 Å². The van der Waals surface area contributed by atoms with E-state index in [0.717, 1.165) is 44.1 Å². The van der Waals surface area contributed by atoms with E-state index in [1.807, 2.05) is 16.7 Å². The van der Waals surface area contributed by atoms with Crippen molar-refractivity contribution in [1.29, 1.82) is 0 Å². The average molecular weight is 299 g/mol. The first-order chi connectivity index (χ1) is 9.58. The summed E-state index contributed by atoms with van der Waals surface area (Å²) in [4.78, 5) is 16.5. The minimum atomic E-state index is 0.165. The lowest BCUT2D eigenvalue weighted by atomic mass is 10.1. The molecule has 0 spiro atoms. The first-order valence-corrected chi connectivity index (χ1v) is 8.95. The second-order valence-electron chi connectivity index (χ2n) is 6.40. The summed E-state index contributed by atoms with van der Waals surface area (Å²) in [5.41, 5.74) is 0. The molecule has 0 aromatic carbocycles. The van der Waals surface area contributed by atoms with Crippen molar-refractivity contribution in [2.24, 2.45) is 5.92 Å². The second-order valence-corrected chi connectivity index (χ2v) is 7.98. The Morgan fingerprint density at radius 1 is 1.35 bits per heavy atom. The van der Waals surface area contributed by atoms with Gasteiger partial charge in [0.05, 0.1) is 0 Å². The maximum absolute atomic E-state index is 12.3. The zero-order valence-corrected chi connectivity index (χ0v) is 13.9. The third kappa shape index (κ3) is 4.55. The van der Waals surface area contributed by atoms with Crippen molar-refractivity contribution in [3.05, 3.63) is 0 Å². The summed E-state index contributed by atoms with van der Waals surface area (Å²) in [6.07, 6.45) is 4.70. The molecule has 3 atom stereocenters. The Balaban J connectivity index is 1.71. The highest BCUT2D eigenvalue weighted by Gasteiger charge is 2.30. The van der Waals surface area contributed by atoms with Crippen LogP contribution in [-0.2, 0) is 0 Å². The van der Waals surface area contributed by atoms with Gasteiger partial charge in [-0.15, -0.1) is 0 Å². The Labute approximate surface area is 127 Å². The van der Waals surface area contributed by atoms with Crippen LogP contribution in [-0.4, -0.2) is 66.6 Å². The van der Waals surface area contributed by atoms with Crippen molar-refractivity contribution in [2.75, 3.05) is 39.5 Å². The molecule has 2 fully saturated rings. The minimum absolute atomic E-state index is 0.165. The lowest BCUT2D eigenvalue weighted by Crippen LogP contribution is -2.43. The summed E-state index contributed by atoms with van der Waals surface area (Å²) >= 11 is 2.04. The third-order valence-corrected chi connectivity index (χ3v) is 5.54. The van der Waals surface area contributed by atoms with Gasteiger partial charge in [-0.05, 0) is 51.4 Å². The van der Waals surface area contributed by atoms with E-state index in [0.29, 0.717) is 12.0 Å². The zero-order valence-electron chi connectivity index (χ0n) is 13.1. The van der Waals surface area contributed by atoms with Gasteiger partial charge in [0.1, 0.15) is 0 Å². The van der Waals surface area contributed by atoms with Crippen molar-refractivity contribution in [3.63, 3.8) is 0 Å². The smallest absolute Gasteiger partial charge is 0.317 e. The van der Waals surface area contributed by atoms with Gasteiger partial charge in [-0.3, -0.25) is 0 Å². The van der Waals surface area contributed by atoms with Crippen LogP contribution in [0.3, 0.4) is 0 Å². The summed E-state index contributed by atoms with van der Waals surface area (Å²) in [6.45, 7) is 5.14. The molecule has 1 saturated heterocycles. The van der Waals surface area contributed by atoms with E-state index in [9.17, 15) is 4.79 Å². The van der Waals surface area contributed by atoms with Crippen molar-refractivity contribution >= 4 is 17.8 Å². The standard InChI is InChI=1S/C15H29N3OS/c1-4-20-14-6-5-13(9-14)16-15(19)18-8-7-12(11-18)10-17(2)3/h12-14H,4-11H2,1-3H3,(H,16,19)/t12-,13+,14-/m1/s1. The molecule has 1 heterocycles. The molecule has 0 bridgehead atoms. The molecule has 20 heavy (non-hydrogen) atoms. The molecule has 4 nitrogen and oxygen atoms in total. The number of amides is 2. The van der Waals surface area contributed by atoms with Crippen molar-refractivity contribution in [3.8, 4) is 0 Å². The van der Waals surface area contributed by atoms with Crippen LogP contribution < -0.4 is 5.32 Å². The molecular formula is C15H29N3OS. The molecule has 2 rings (SSSR count). The van der Waals surface area contributed by atoms with Gasteiger partial charge in [-0.25, -0.2) is 4.79 Å². The topological polar surface area (TPSA) is 35.6 Å². The summed E-state index contributed by atoms with van der Waals surface area (Å²) in [5.74, 6) is 1.83. The van der Waals surface area contributed by atoms with Crippen LogP contribution >= 0.6 is 11.8 Å². The number of carbonyl (C=O) groups excluding carboxylic acids is 1. The van der Waals surface area contributed by atoms with E-state index >= 15 is 0 Å². The maximum atomic E-state index is 12.3. The summed E-state index contributed by atoms with van der Waals surface area (Å²) in [5, 5.41) is 4.00. The van der Waals surface area contributed by atoms with E-state index in [1.54, 1.807) is 0 Å². The fraction of sp³-hybridized carbons (Fsp3) is 0.933. The zero-order chi connectivity index (χ0) is 14.5. The van der Waals surface area contributed by atoms with E-state index in [-0.39, 0.29) is 6.03 Å². The number of hydrogen-bond acceptors (Lipinski definition) is 3. The molecule has 0 aromatic heterocycles. The number of carbonyl (C=O) groups is 1. The minimum Gasteiger partial charge on any atom is -0.335 e. The van der Waals surface area contributed by atoms with E-state index in [2.05, 4.69) is 31.2 Å². The number of thioether (sulfide) groups is 1. The van der Waals surface area contributed by atoms with Crippen LogP contribution in [0.4, 0.5) is 4.79 Å². The first-order valence-electron chi connectivity index (χ1n) is 7.90. The summed E-state index contributed by atoms with van der Waals surface area (Å²) < 4.78 is 0. The van der Waals surface area contributed by atoms with Gasteiger partial charge in [-0.1, -0.05) is 6.92 Å². The van der Waals surface area contributed by atoms with Crippen LogP contribution in [0.2, 0.25) is 0 Å². The monoisotopic (exact) mass is 299 g/mol. The van der Waals surface area contributed by atoms with E-state index < -0.39 is 0 Å². The molecule has 2 amide bonds. The normalized spacial score (nSPS) is 30.2. The number of urea groups is 1. The van der Waals surface area contributed by atoms with Crippen LogP contribution in [0.25, 0.3) is 0 Å². The molecule has 1 aliphatic carbocycles. The Morgan fingerprint density at radius 3 is 2.85 bits per heavy atom. The number of hydrogen-bond donors (Lipinski definition) is 1. The summed E-state index contributed by atoms with van der Waals surface area (Å²) in [6, 6.07) is 0.567. The van der Waals surface area contributed by atoms with Crippen LogP contribution in [0.15, 0.2) is 0 Å². The molecule has 116 valence electrons. The lowest BCUT2D eigenvalue weighted by Gasteiger charge is -2.21. The second kappa shape index (κ2) is 7.55. The van der Waals surface area contributed by atoms with Crippen LogP contribution in [0.1, 0.15) is 32.6 Å². The van der Waals surface area contributed by atoms with Gasteiger partial charge in [0.15, 0.2) is 0 Å². The SMILES string of the molecule is CCS[C@@H]1CC[C@H](NC(=O)N2CC[C@H](CN(C)C)C2)C1. The molecular weight excluding hydrogens is 270 g/mol. The number of rotatable bonds is 5. The predicted octanol–water partition coefficient (Wildman–Crippen LogP) is 2.25. The number of likely N-dealkylation sites (tertiary alicyclic amines) is 1. The van der Waals surface area contributed by atoms with Crippen LogP contribution in [0, 0.1) is 5.92 Å². The molecule has 1 N–H and O–H groups in total. The lowest BCUT2D eigenvalue weighted by molar-refractivity contribution is 0.201. The Bertz CT molecular complexity index is 324. The van der Waals surface area contributed by atoms with Crippen molar-refractivity contribution in [1.82, 2.24) is 15.1 Å². The van der Waals surface area contributed by atoms with E-state index in [4.69, 9.17) is 0 Å². The molecule has 0 radical (unpaired) electrons. The Kier molecular flexibility index (Phi) is 6.02. The van der Waals surface area contributed by atoms with Gasteiger partial charge < -0.3 is 15.1 Å². The fourth-order valence-corrected chi connectivity index (χ4v) is 4.55. The van der Waals surface area contributed by atoms with Gasteiger partial charge in [0.2, 0.25) is 0 Å². The van der Waals surface area contributed by atoms with Gasteiger partial charge in [0.25, 0.3) is 0 Å². The highest BCUT2D eigenvalue weighted by molar-refractivity contribution is 7.99. The molecule has 5 heteroatoms. The average Bonchev–Trinajstić information content (AvgIpc) is 2.99. The molecule has 1 saturated carbocycles. The van der Waals surface area contributed by atoms with Crippen molar-refractivity contribution < 1.29 is 4.79 Å². The van der Waals surface area contributed by atoms with Crippen molar-refractivity contribution in [2.45, 2.75) is 43.9 Å². The first kappa shape index (κ1) is 16.0. The Morgan fingerprint density at radius 2 is 2.15 bits per heavy atom. The predicted molar refractivity (Wildman–Crippen MR) is 86.3 cm³/mol. The van der Waals surface area contributed by atoms with Gasteiger partial charge in [0, 0.05) is 30.9 Å². The molecule has 0 unspecified atom stereocenters. The number of nitrogens with one attached hydrogen (secondary N) is 1. The molecule has 0 aromatic rings. The highest BCUT2D eigenvalue weighted by atomic mass is 32.2. The molecule has 2 aliphatic rings. The Hall–Kier alpha value is -0.420.